The van der Waals surface area contributed by atoms with Gasteiger partial charge in [0, 0.05) is 108 Å². The summed E-state index contributed by atoms with van der Waals surface area (Å²) in [6, 6.07) is -4.26. The summed E-state index contributed by atoms with van der Waals surface area (Å²) < 4.78 is 38.8. The van der Waals surface area contributed by atoms with Gasteiger partial charge >= 0.3 is 11.9 Å². The van der Waals surface area contributed by atoms with Crippen LogP contribution in [0.1, 0.15) is 83.5 Å². The predicted molar refractivity (Wildman–Crippen MR) is 299 cm³/mol. The van der Waals surface area contributed by atoms with Crippen LogP contribution in [-0.2, 0) is 115 Å². The maximum absolute atomic E-state index is 12.8. The van der Waals surface area contributed by atoms with Crippen molar-refractivity contribution in [2.75, 3.05) is 104 Å². The van der Waals surface area contributed by atoms with Gasteiger partial charge in [-0.15, -0.1) is 11.8 Å². The first-order valence-electron chi connectivity index (χ1n) is 26.9. The summed E-state index contributed by atoms with van der Waals surface area (Å²) in [5, 5.41) is 21.5. The number of nitrogens with zero attached hydrogens (tertiary/aromatic N) is 2. The Kier molecular flexibility index (Phi) is 46.0. The molecule has 0 aliphatic carbocycles. The molecule has 1 fully saturated rings. The van der Waals surface area contributed by atoms with E-state index in [1.165, 1.54) is 12.2 Å². The van der Waals surface area contributed by atoms with Gasteiger partial charge in [-0.1, -0.05) is 0 Å². The molecule has 5 atom stereocenters. The fourth-order valence-electron chi connectivity index (χ4n) is 6.86. The second kappa shape index (κ2) is 50.1. The molecule has 0 aromatic heterocycles. The van der Waals surface area contributed by atoms with Gasteiger partial charge in [0.1, 0.15) is 36.9 Å². The number of imide groups is 2. The molecule has 32 nitrogen and oxygen atoms in total. The van der Waals surface area contributed by atoms with Crippen LogP contribution < -0.4 is 22.1 Å². The number of carbonyl (C=O) groups is 16. The standard InChI is InChI=1S/C26H39N3O13S.C15H21NO7.C11H18N2O6S/c27-19(26(37)38)3-4-23(34)28-20(21(33)6-9-41-16-30)15-43-22-14-24(35)29(25(22)36)7-5-18(32)2-1-8-39-10-11-40-12-13-42-17-31;17-12-23-11-10-22-9-8-21-7-1-2-13(18)5-6-16-14(19)3-4-15(16)20;12-7(11(17)18)1-2-10(16)13-8(5-20)9(15)3-4-19-6-14/h16-17,19-20,22H,1-15,27H2,(H,28,34)(H,37,38);3-4,12H,1-2,5-11H2;6-8,20H,1-5,12H2,(H,13,16)(H,17,18). The largest absolute Gasteiger partial charge is 0.480 e. The molecule has 0 aromatic rings. The molecule has 2 rings (SSSR count). The molecule has 1 saturated heterocycles. The minimum Gasteiger partial charge on any atom is -0.480 e. The molecule has 0 radical (unpaired) electrons. The van der Waals surface area contributed by atoms with Crippen LogP contribution in [0, 0.1) is 0 Å². The Morgan fingerprint density at radius 2 is 0.930 bits per heavy atom. The molecule has 0 saturated carbocycles. The summed E-state index contributed by atoms with van der Waals surface area (Å²) in [6.07, 6.45) is 3.23. The number of hydrogen-bond acceptors (Lipinski definition) is 28. The number of ketones is 4. The van der Waals surface area contributed by atoms with Crippen LogP contribution in [0.4, 0.5) is 0 Å². The molecule has 2 aliphatic heterocycles. The lowest BCUT2D eigenvalue weighted by molar-refractivity contribution is -0.140. The zero-order valence-electron chi connectivity index (χ0n) is 47.5. The van der Waals surface area contributed by atoms with Crippen LogP contribution >= 0.6 is 24.4 Å². The Morgan fingerprint density at radius 1 is 0.547 bits per heavy atom. The van der Waals surface area contributed by atoms with Crippen molar-refractivity contribution in [1.29, 1.82) is 0 Å². The quantitative estimate of drug-likeness (QED) is 0.0106. The first-order valence-corrected chi connectivity index (χ1v) is 28.6. The number of Topliss-reactive ketones (excluding diaryl/α,β-unsaturated/α-hetero) is 4. The van der Waals surface area contributed by atoms with Gasteiger partial charge in [0.05, 0.1) is 70.2 Å². The molecule has 86 heavy (non-hydrogen) atoms. The number of carboxylic acids is 2. The Labute approximate surface area is 504 Å². The van der Waals surface area contributed by atoms with E-state index >= 15 is 0 Å². The zero-order chi connectivity index (χ0) is 64.5. The highest BCUT2D eigenvalue weighted by atomic mass is 32.2. The lowest BCUT2D eigenvalue weighted by atomic mass is 10.1. The molecule has 484 valence electrons. The third-order valence-electron chi connectivity index (χ3n) is 11.6. The molecule has 5 unspecified atom stereocenters. The number of carbonyl (C=O) groups excluding carboxylic acids is 14. The van der Waals surface area contributed by atoms with Crippen LogP contribution in [0.15, 0.2) is 12.2 Å². The smallest absolute Gasteiger partial charge is 0.320 e. The van der Waals surface area contributed by atoms with E-state index in [1.54, 1.807) is 0 Å². The van der Waals surface area contributed by atoms with Crippen molar-refractivity contribution in [3.63, 3.8) is 0 Å². The fraction of sp³-hybridized carbons (Fsp3) is 0.654. The molecule has 34 heteroatoms. The predicted octanol–water partition coefficient (Wildman–Crippen LogP) is -2.82. The normalized spacial score (nSPS) is 14.7. The van der Waals surface area contributed by atoms with E-state index in [1.807, 2.05) is 0 Å². The number of nitrogens with two attached hydrogens (primary N) is 2. The molecule has 2 aliphatic rings. The number of thioether (sulfide) groups is 1. The first-order chi connectivity index (χ1) is 41.2. The second-order valence-electron chi connectivity index (χ2n) is 18.0. The van der Waals surface area contributed by atoms with Gasteiger partial charge in [-0.2, -0.15) is 12.6 Å². The molecular weight excluding hydrogens is 1190 g/mol. The maximum Gasteiger partial charge on any atom is 0.320 e. The van der Waals surface area contributed by atoms with Crippen LogP contribution in [0.3, 0.4) is 0 Å². The number of ether oxygens (including phenoxy) is 8. The van der Waals surface area contributed by atoms with Crippen LogP contribution in [0.5, 0.6) is 0 Å². The van der Waals surface area contributed by atoms with Gasteiger partial charge in [-0.25, -0.2) is 0 Å². The summed E-state index contributed by atoms with van der Waals surface area (Å²) >= 11 is 4.95. The molecular formula is C52H78N6O26S2. The number of likely N-dealkylation sites (tertiary alicyclic amines) is 1. The summed E-state index contributed by atoms with van der Waals surface area (Å²) in [5.74, 6) is -6.19. The Morgan fingerprint density at radius 3 is 1.35 bits per heavy atom. The van der Waals surface area contributed by atoms with Crippen molar-refractivity contribution in [1.82, 2.24) is 20.4 Å². The molecule has 8 N–H and O–H groups in total. The van der Waals surface area contributed by atoms with E-state index in [-0.39, 0.29) is 164 Å². The van der Waals surface area contributed by atoms with Gasteiger partial charge in [-0.3, -0.25) is 86.5 Å². The highest BCUT2D eigenvalue weighted by molar-refractivity contribution is 8.00. The fourth-order valence-corrected chi connectivity index (χ4v) is 8.38. The van der Waals surface area contributed by atoms with Crippen molar-refractivity contribution in [3.05, 3.63) is 12.2 Å². The van der Waals surface area contributed by atoms with Gasteiger partial charge in [0.2, 0.25) is 23.6 Å². The SMILES string of the molecule is NC(CCC(=O)NC(CS)C(=O)CCOC=O)C(=O)O.NC(CCC(=O)NC(CSC1CC(=O)N(CCC(=O)CCCOCCOCCOC=O)C1=O)C(=O)CCOC=O)C(=O)O.O=COCCOCCOCCCC(=O)CCN1C(=O)C=CC1=O. The lowest BCUT2D eigenvalue weighted by Gasteiger charge is -2.19. The maximum atomic E-state index is 12.8. The van der Waals surface area contributed by atoms with Crippen molar-refractivity contribution in [2.24, 2.45) is 11.5 Å². The van der Waals surface area contributed by atoms with Crippen molar-refractivity contribution < 1.29 is 125 Å². The molecule has 2 heterocycles. The summed E-state index contributed by atoms with van der Waals surface area (Å²) in [5.41, 5.74) is 10.7. The molecule has 0 spiro atoms. The molecule has 0 aromatic carbocycles. The van der Waals surface area contributed by atoms with Crippen molar-refractivity contribution in [3.8, 4) is 0 Å². The Hall–Kier alpha value is -7.08. The minimum atomic E-state index is -1.27. The first kappa shape index (κ1) is 78.9. The van der Waals surface area contributed by atoms with Gasteiger partial charge < -0.3 is 70.2 Å². The van der Waals surface area contributed by atoms with Crippen LogP contribution in [-0.4, -0.2) is 250 Å². The molecule has 6 amide bonds. The van der Waals surface area contributed by atoms with E-state index in [0.29, 0.717) is 78.5 Å². The van der Waals surface area contributed by atoms with Crippen molar-refractivity contribution >= 4 is 121 Å². The highest BCUT2D eigenvalue weighted by Crippen LogP contribution is 2.26. The van der Waals surface area contributed by atoms with E-state index in [9.17, 15) is 76.7 Å². The molecule has 0 bridgehead atoms. The zero-order valence-corrected chi connectivity index (χ0v) is 49.2. The second-order valence-corrected chi connectivity index (χ2v) is 19.6. The number of rotatable bonds is 52. The number of hydrogen-bond donors (Lipinski definition) is 7. The van der Waals surface area contributed by atoms with E-state index in [0.717, 1.165) is 21.6 Å². The third-order valence-corrected chi connectivity index (χ3v) is 13.2. The van der Waals surface area contributed by atoms with E-state index in [2.05, 4.69) is 42.2 Å². The lowest BCUT2D eigenvalue weighted by Crippen LogP contribution is -2.44. The van der Waals surface area contributed by atoms with Crippen LogP contribution in [0.2, 0.25) is 0 Å². The van der Waals surface area contributed by atoms with Gasteiger partial charge in [0.25, 0.3) is 37.7 Å². The monoisotopic (exact) mass is 1270 g/mol. The van der Waals surface area contributed by atoms with Gasteiger partial charge in [-0.05, 0) is 25.7 Å². The number of amides is 6. The van der Waals surface area contributed by atoms with Gasteiger partial charge in [0.15, 0.2) is 11.6 Å². The summed E-state index contributed by atoms with van der Waals surface area (Å²) in [6.45, 7) is 4.00. The number of aliphatic carboxylic acids is 2. The summed E-state index contributed by atoms with van der Waals surface area (Å²) in [7, 11) is 0. The minimum absolute atomic E-state index is 0.0108. The third kappa shape index (κ3) is 38.8. The topological polar surface area (TPSA) is 470 Å². The average Bonchev–Trinajstić information content (AvgIpc) is 4.23. The highest BCUT2D eigenvalue weighted by Gasteiger charge is 2.39. The summed E-state index contributed by atoms with van der Waals surface area (Å²) in [4.78, 5) is 184. The Balaban J connectivity index is 0.00000141. The Bertz CT molecular complexity index is 2210. The van der Waals surface area contributed by atoms with E-state index < -0.39 is 70.8 Å². The van der Waals surface area contributed by atoms with E-state index in [4.69, 9.17) is 40.6 Å². The number of nitrogens with one attached hydrogen (secondary N) is 2. The van der Waals surface area contributed by atoms with Crippen LogP contribution in [0.25, 0.3) is 0 Å². The average molecular weight is 1270 g/mol. The number of thiol groups is 1. The number of carboxylic acid groups (broad SMARTS) is 2. The van der Waals surface area contributed by atoms with Crippen molar-refractivity contribution in [2.45, 2.75) is 113 Å².